The maximum Gasteiger partial charge on any atom is 0.143 e. The maximum absolute atomic E-state index is 9.80. The Morgan fingerprint density at radius 2 is 1.59 bits per heavy atom. The van der Waals surface area contributed by atoms with Gasteiger partial charge in [-0.05, 0) is 23.3 Å². The molecule has 0 aliphatic heterocycles. The first-order valence-corrected chi connectivity index (χ1v) is 8.86. The highest BCUT2D eigenvalue weighted by Gasteiger charge is 2.21. The average Bonchev–Trinajstić information content (AvgIpc) is 2.65. The normalized spacial score (nSPS) is 10.1. The molecule has 0 spiro atoms. The van der Waals surface area contributed by atoms with Gasteiger partial charge in [-0.25, -0.2) is 4.98 Å². The number of phenolic OH excluding ortho intramolecular Hbond substituents is 2. The summed E-state index contributed by atoms with van der Waals surface area (Å²) in [5, 5.41) is 39.2. The molecule has 0 radical (unpaired) electrons. The summed E-state index contributed by atoms with van der Waals surface area (Å²) in [7, 11) is 0. The van der Waals surface area contributed by atoms with Gasteiger partial charge in [0, 0.05) is 17.4 Å². The van der Waals surface area contributed by atoms with Gasteiger partial charge < -0.3 is 15.9 Å². The van der Waals surface area contributed by atoms with Crippen LogP contribution in [0.15, 0.2) is 53.6 Å². The van der Waals surface area contributed by atoms with Gasteiger partial charge in [-0.1, -0.05) is 30.3 Å². The van der Waals surface area contributed by atoms with Crippen LogP contribution < -0.4 is 5.73 Å². The summed E-state index contributed by atoms with van der Waals surface area (Å²) in [5.41, 5.74) is 7.77. The molecule has 0 saturated carbocycles. The summed E-state index contributed by atoms with van der Waals surface area (Å²) in [5.74, 6) is 0.182. The number of phenols is 2. The Hall–Kier alpha value is -3.68. The number of hydrogen-bond donors (Lipinski definition) is 3. The fraction of sp³-hybridized carbons (Fsp3) is 0.0500. The molecule has 1 heterocycles. The first kappa shape index (κ1) is 18.1. The minimum absolute atomic E-state index is 0.00936. The monoisotopic (exact) mass is 374 g/mol. The molecule has 1 aromatic heterocycles. The fourth-order valence-corrected chi connectivity index (χ4v) is 3.61. The fourth-order valence-electron chi connectivity index (χ4n) is 2.66. The lowest BCUT2D eigenvalue weighted by molar-refractivity contribution is 0.451. The lowest BCUT2D eigenvalue weighted by Crippen LogP contribution is -2.03. The van der Waals surface area contributed by atoms with E-state index < -0.39 is 0 Å². The quantitative estimate of drug-likeness (QED) is 0.593. The second-order valence-electron chi connectivity index (χ2n) is 5.66. The van der Waals surface area contributed by atoms with Crippen LogP contribution in [0.25, 0.3) is 11.1 Å². The Labute approximate surface area is 160 Å². The molecule has 0 fully saturated rings. The number of thioether (sulfide) groups is 1. The molecule has 3 rings (SSSR count). The molecule has 0 amide bonds. The molecule has 0 bridgehead atoms. The molecular weight excluding hydrogens is 360 g/mol. The van der Waals surface area contributed by atoms with E-state index in [1.807, 2.05) is 36.4 Å². The van der Waals surface area contributed by atoms with Crippen molar-refractivity contribution >= 4 is 17.6 Å². The summed E-state index contributed by atoms with van der Waals surface area (Å²) in [6.07, 6.45) is 0. The van der Waals surface area contributed by atoms with Crippen molar-refractivity contribution in [3.05, 3.63) is 65.2 Å². The highest BCUT2D eigenvalue weighted by molar-refractivity contribution is 7.98. The van der Waals surface area contributed by atoms with Crippen molar-refractivity contribution in [2.45, 2.75) is 10.8 Å². The summed E-state index contributed by atoms with van der Waals surface area (Å²) < 4.78 is 0. The van der Waals surface area contributed by atoms with E-state index in [-0.39, 0.29) is 34.0 Å². The van der Waals surface area contributed by atoms with Crippen molar-refractivity contribution < 1.29 is 10.2 Å². The molecule has 0 unspecified atom stereocenters. The summed E-state index contributed by atoms with van der Waals surface area (Å²) >= 11 is 1.33. The van der Waals surface area contributed by atoms with Crippen molar-refractivity contribution in [2.75, 3.05) is 5.73 Å². The van der Waals surface area contributed by atoms with Gasteiger partial charge in [0.25, 0.3) is 0 Å². The Kier molecular flexibility index (Phi) is 5.16. The van der Waals surface area contributed by atoms with Gasteiger partial charge in [0.2, 0.25) is 0 Å². The van der Waals surface area contributed by atoms with Gasteiger partial charge in [0.1, 0.15) is 40.0 Å². The first-order valence-electron chi connectivity index (χ1n) is 7.87. The zero-order chi connectivity index (χ0) is 19.4. The molecule has 0 aliphatic rings. The van der Waals surface area contributed by atoms with Crippen LogP contribution in [0.3, 0.4) is 0 Å². The predicted molar refractivity (Wildman–Crippen MR) is 103 cm³/mol. The van der Waals surface area contributed by atoms with Gasteiger partial charge >= 0.3 is 0 Å². The second kappa shape index (κ2) is 7.69. The molecular formula is C20H14N4O2S. The number of aromatic nitrogens is 1. The third-order valence-corrected chi connectivity index (χ3v) is 4.87. The van der Waals surface area contributed by atoms with Crippen molar-refractivity contribution in [1.82, 2.24) is 4.98 Å². The average molecular weight is 374 g/mol. The SMILES string of the molecule is N#Cc1c(N)nc(SCc2ccccc2)c(C#N)c1-c1cc(O)cc(O)c1. The molecule has 4 N–H and O–H groups in total. The maximum atomic E-state index is 9.80. The van der Waals surface area contributed by atoms with E-state index in [9.17, 15) is 20.7 Å². The summed E-state index contributed by atoms with van der Waals surface area (Å²) in [4.78, 5) is 4.23. The van der Waals surface area contributed by atoms with E-state index in [1.54, 1.807) is 0 Å². The third kappa shape index (κ3) is 3.79. The van der Waals surface area contributed by atoms with E-state index in [2.05, 4.69) is 11.1 Å². The van der Waals surface area contributed by atoms with Crippen LogP contribution >= 0.6 is 11.8 Å². The Bertz CT molecular complexity index is 1070. The van der Waals surface area contributed by atoms with Gasteiger partial charge in [0.15, 0.2) is 0 Å². The number of nitrogens with zero attached hydrogens (tertiary/aromatic N) is 3. The predicted octanol–water partition coefficient (Wildman–Crippen LogP) is 3.78. The van der Waals surface area contributed by atoms with Crippen LogP contribution in [0.4, 0.5) is 5.82 Å². The molecule has 27 heavy (non-hydrogen) atoms. The number of nitrogens with two attached hydrogens (primary N) is 1. The van der Waals surface area contributed by atoms with E-state index in [0.717, 1.165) is 11.6 Å². The number of benzene rings is 2. The molecule has 0 saturated heterocycles. The number of aromatic hydroxyl groups is 2. The zero-order valence-electron chi connectivity index (χ0n) is 14.0. The second-order valence-corrected chi connectivity index (χ2v) is 6.63. The van der Waals surface area contributed by atoms with Crippen LogP contribution in [0, 0.1) is 22.7 Å². The number of nitrogen functional groups attached to an aromatic ring is 1. The van der Waals surface area contributed by atoms with Crippen LogP contribution in [0.5, 0.6) is 11.5 Å². The highest BCUT2D eigenvalue weighted by atomic mass is 32.2. The molecule has 2 aromatic carbocycles. The van der Waals surface area contributed by atoms with Crippen LogP contribution in [0.2, 0.25) is 0 Å². The van der Waals surface area contributed by atoms with Crippen molar-refractivity contribution in [2.24, 2.45) is 0 Å². The van der Waals surface area contributed by atoms with E-state index in [4.69, 9.17) is 5.73 Å². The molecule has 132 valence electrons. The standard InChI is InChI=1S/C20H14N4O2S/c21-9-16-18(13-6-14(25)8-15(26)7-13)17(10-22)20(24-19(16)23)27-11-12-4-2-1-3-5-12/h1-8,25-26H,11H2,(H2,23,24). The van der Waals surface area contributed by atoms with E-state index in [0.29, 0.717) is 16.3 Å². The molecule has 3 aromatic rings. The van der Waals surface area contributed by atoms with E-state index >= 15 is 0 Å². The van der Waals surface area contributed by atoms with Crippen molar-refractivity contribution in [1.29, 1.82) is 10.5 Å². The van der Waals surface area contributed by atoms with Crippen LogP contribution in [-0.2, 0) is 5.75 Å². The number of nitriles is 2. The van der Waals surface area contributed by atoms with E-state index in [1.165, 1.54) is 23.9 Å². The van der Waals surface area contributed by atoms with Crippen molar-refractivity contribution in [3.63, 3.8) is 0 Å². The van der Waals surface area contributed by atoms with Gasteiger partial charge in [-0.15, -0.1) is 11.8 Å². The van der Waals surface area contributed by atoms with Gasteiger partial charge in [0.05, 0.1) is 5.56 Å². The topological polar surface area (TPSA) is 127 Å². The Morgan fingerprint density at radius 3 is 2.19 bits per heavy atom. The summed E-state index contributed by atoms with van der Waals surface area (Å²) in [6.45, 7) is 0. The largest absolute Gasteiger partial charge is 0.508 e. The zero-order valence-corrected chi connectivity index (χ0v) is 14.9. The van der Waals surface area contributed by atoms with Crippen LogP contribution in [0.1, 0.15) is 16.7 Å². The molecule has 0 atom stereocenters. The molecule has 0 aliphatic carbocycles. The lowest BCUT2D eigenvalue weighted by atomic mass is 9.96. The van der Waals surface area contributed by atoms with Gasteiger partial charge in [-0.3, -0.25) is 0 Å². The number of rotatable bonds is 4. The Morgan fingerprint density at radius 1 is 0.963 bits per heavy atom. The molecule has 6 nitrogen and oxygen atoms in total. The molecule has 7 heteroatoms. The smallest absolute Gasteiger partial charge is 0.143 e. The third-order valence-electron chi connectivity index (χ3n) is 3.83. The minimum Gasteiger partial charge on any atom is -0.508 e. The van der Waals surface area contributed by atoms with Crippen LogP contribution in [-0.4, -0.2) is 15.2 Å². The first-order chi connectivity index (χ1) is 13.0. The van der Waals surface area contributed by atoms with Crippen molar-refractivity contribution in [3.8, 4) is 34.8 Å². The summed E-state index contributed by atoms with van der Waals surface area (Å²) in [6, 6.07) is 17.6. The number of anilines is 1. The lowest BCUT2D eigenvalue weighted by Gasteiger charge is -2.13. The number of hydrogen-bond acceptors (Lipinski definition) is 7. The number of pyridine rings is 1. The van der Waals surface area contributed by atoms with Gasteiger partial charge in [-0.2, -0.15) is 10.5 Å². The minimum atomic E-state index is -0.188. The Balaban J connectivity index is 2.15. The highest BCUT2D eigenvalue weighted by Crippen LogP contribution is 2.38.